The van der Waals surface area contributed by atoms with Crippen LogP contribution in [0.1, 0.15) is 34.4 Å². The summed E-state index contributed by atoms with van der Waals surface area (Å²) in [5.41, 5.74) is 4.07. The zero-order chi connectivity index (χ0) is 14.8. The minimum atomic E-state index is 0.311. The zero-order valence-electron chi connectivity index (χ0n) is 12.4. The summed E-state index contributed by atoms with van der Waals surface area (Å²) in [5.74, 6) is 0.428. The predicted molar refractivity (Wildman–Crippen MR) is 95.2 cm³/mol. The Morgan fingerprint density at radius 3 is 2.10 bits per heavy atom. The van der Waals surface area contributed by atoms with Crippen LogP contribution in [0, 0.1) is 6.92 Å². The molecule has 0 radical (unpaired) electrons. The van der Waals surface area contributed by atoms with Crippen LogP contribution in [0.2, 0.25) is 0 Å². The molecule has 21 heavy (non-hydrogen) atoms. The zero-order valence-corrected chi connectivity index (χ0v) is 14.0. The highest BCUT2D eigenvalue weighted by molar-refractivity contribution is 9.09. The third-order valence-electron chi connectivity index (χ3n) is 4.24. The van der Waals surface area contributed by atoms with Gasteiger partial charge in [0.25, 0.3) is 0 Å². The van der Waals surface area contributed by atoms with Crippen LogP contribution in [0.3, 0.4) is 0 Å². The van der Waals surface area contributed by atoms with Gasteiger partial charge in [0.05, 0.1) is 0 Å². The van der Waals surface area contributed by atoms with Crippen LogP contribution in [0.5, 0.6) is 0 Å². The molecule has 0 aromatic heterocycles. The first-order valence-electron chi connectivity index (χ1n) is 7.35. The molecule has 2 unspecified atom stereocenters. The number of rotatable bonds is 3. The summed E-state index contributed by atoms with van der Waals surface area (Å²) >= 11 is 3.93. The molecule has 0 aliphatic carbocycles. The van der Waals surface area contributed by atoms with Gasteiger partial charge in [-0.05, 0) is 40.3 Å². The van der Waals surface area contributed by atoms with Crippen LogP contribution in [0.15, 0.2) is 66.7 Å². The van der Waals surface area contributed by atoms with E-state index in [0.29, 0.717) is 10.7 Å². The number of hydrogen-bond acceptors (Lipinski definition) is 0. The largest absolute Gasteiger partial charge is 0.0832 e. The maximum absolute atomic E-state index is 3.93. The molecule has 1 heteroatoms. The van der Waals surface area contributed by atoms with Gasteiger partial charge in [0.15, 0.2) is 0 Å². The van der Waals surface area contributed by atoms with Gasteiger partial charge in [0.2, 0.25) is 0 Å². The second-order valence-corrected chi connectivity index (χ2v) is 6.60. The molecule has 0 bridgehead atoms. The minimum Gasteiger partial charge on any atom is -0.0832 e. The molecule has 0 spiro atoms. The van der Waals surface area contributed by atoms with E-state index in [-0.39, 0.29) is 0 Å². The molecule has 0 saturated carbocycles. The Morgan fingerprint density at radius 1 is 0.762 bits per heavy atom. The fourth-order valence-electron chi connectivity index (χ4n) is 2.91. The molecular formula is C20H19Br. The first kappa shape index (κ1) is 14.3. The summed E-state index contributed by atoms with van der Waals surface area (Å²) in [7, 11) is 0. The molecule has 0 fully saturated rings. The van der Waals surface area contributed by atoms with Crippen LogP contribution in [0.25, 0.3) is 10.8 Å². The van der Waals surface area contributed by atoms with Crippen molar-refractivity contribution < 1.29 is 0 Å². The Morgan fingerprint density at radius 2 is 1.38 bits per heavy atom. The van der Waals surface area contributed by atoms with Gasteiger partial charge in [-0.1, -0.05) is 89.6 Å². The number of benzene rings is 3. The molecule has 3 aromatic rings. The monoisotopic (exact) mass is 338 g/mol. The molecule has 2 atom stereocenters. The normalized spacial score (nSPS) is 14.0. The summed E-state index contributed by atoms with van der Waals surface area (Å²) in [6.07, 6.45) is 0. The molecule has 0 aliphatic heterocycles. The smallest absolute Gasteiger partial charge is 0.0467 e. The van der Waals surface area contributed by atoms with Crippen molar-refractivity contribution in [2.45, 2.75) is 24.6 Å². The summed E-state index contributed by atoms with van der Waals surface area (Å²) in [6.45, 7) is 4.46. The van der Waals surface area contributed by atoms with Crippen LogP contribution in [-0.4, -0.2) is 0 Å². The molecular weight excluding hydrogens is 320 g/mol. The number of fused-ring (bicyclic) bond motifs is 1. The van der Waals surface area contributed by atoms with E-state index in [2.05, 4.69) is 96.5 Å². The molecule has 0 aliphatic rings. The van der Waals surface area contributed by atoms with E-state index in [1.807, 2.05) is 0 Å². The lowest BCUT2D eigenvalue weighted by atomic mass is 9.90. The van der Waals surface area contributed by atoms with Gasteiger partial charge in [0, 0.05) is 4.83 Å². The average molecular weight is 339 g/mol. The van der Waals surface area contributed by atoms with Crippen LogP contribution < -0.4 is 0 Å². The van der Waals surface area contributed by atoms with Gasteiger partial charge in [-0.25, -0.2) is 0 Å². The lowest BCUT2D eigenvalue weighted by Crippen LogP contribution is -2.03. The Hall–Kier alpha value is -1.60. The van der Waals surface area contributed by atoms with Gasteiger partial charge < -0.3 is 0 Å². The van der Waals surface area contributed by atoms with Crippen molar-refractivity contribution in [1.29, 1.82) is 0 Å². The fraction of sp³-hybridized carbons (Fsp3) is 0.200. The third-order valence-corrected chi connectivity index (χ3v) is 5.52. The van der Waals surface area contributed by atoms with Crippen LogP contribution >= 0.6 is 15.9 Å². The number of hydrogen-bond donors (Lipinski definition) is 0. The van der Waals surface area contributed by atoms with Gasteiger partial charge in [-0.2, -0.15) is 0 Å². The van der Waals surface area contributed by atoms with Crippen LogP contribution in [0.4, 0.5) is 0 Å². The topological polar surface area (TPSA) is 0 Å². The molecule has 0 nitrogen and oxygen atoms in total. The molecule has 106 valence electrons. The van der Waals surface area contributed by atoms with Crippen molar-refractivity contribution in [3.05, 3.63) is 83.4 Å². The van der Waals surface area contributed by atoms with Crippen molar-refractivity contribution >= 4 is 26.7 Å². The summed E-state index contributed by atoms with van der Waals surface area (Å²) in [5, 5.41) is 2.70. The summed E-state index contributed by atoms with van der Waals surface area (Å²) in [6, 6.07) is 23.9. The molecule has 3 aromatic carbocycles. The van der Waals surface area contributed by atoms with Gasteiger partial charge >= 0.3 is 0 Å². The predicted octanol–water partition coefficient (Wildman–Crippen LogP) is 6.39. The highest BCUT2D eigenvalue weighted by Gasteiger charge is 2.20. The quantitative estimate of drug-likeness (QED) is 0.485. The minimum absolute atomic E-state index is 0.311. The van der Waals surface area contributed by atoms with Crippen molar-refractivity contribution in [3.8, 4) is 0 Å². The lowest BCUT2D eigenvalue weighted by Gasteiger charge is -2.21. The summed E-state index contributed by atoms with van der Waals surface area (Å²) < 4.78 is 0. The molecule has 3 rings (SSSR count). The number of halogens is 1. The highest BCUT2D eigenvalue weighted by Crippen LogP contribution is 2.41. The maximum Gasteiger partial charge on any atom is 0.0467 e. The summed E-state index contributed by atoms with van der Waals surface area (Å²) in [4.78, 5) is 0.311. The second-order valence-electron chi connectivity index (χ2n) is 5.62. The molecule has 0 heterocycles. The van der Waals surface area contributed by atoms with Crippen LogP contribution in [-0.2, 0) is 0 Å². The Kier molecular flexibility index (Phi) is 4.12. The van der Waals surface area contributed by atoms with E-state index in [9.17, 15) is 0 Å². The first-order valence-corrected chi connectivity index (χ1v) is 8.27. The second kappa shape index (κ2) is 6.03. The van der Waals surface area contributed by atoms with E-state index in [1.165, 1.54) is 27.5 Å². The Labute approximate surface area is 134 Å². The first-order chi connectivity index (χ1) is 10.2. The Balaban J connectivity index is 2.06. The van der Waals surface area contributed by atoms with E-state index >= 15 is 0 Å². The fourth-order valence-corrected chi connectivity index (χ4v) is 3.61. The number of aryl methyl sites for hydroxylation is 1. The maximum atomic E-state index is 3.93. The van der Waals surface area contributed by atoms with Crippen molar-refractivity contribution in [2.24, 2.45) is 0 Å². The lowest BCUT2D eigenvalue weighted by molar-refractivity contribution is 0.756. The molecule has 0 saturated heterocycles. The van der Waals surface area contributed by atoms with Crippen molar-refractivity contribution in [3.63, 3.8) is 0 Å². The standard InChI is InChI=1S/C20H19Br/c1-14-12-13-19(18-11-7-6-10-17(14)18)20(21)15(2)16-8-4-3-5-9-16/h3-13,15,20H,1-2H3. The van der Waals surface area contributed by atoms with E-state index in [4.69, 9.17) is 0 Å². The van der Waals surface area contributed by atoms with E-state index < -0.39 is 0 Å². The third kappa shape index (κ3) is 2.75. The molecule has 0 amide bonds. The number of alkyl halides is 1. The SMILES string of the molecule is Cc1ccc(C(Br)C(C)c2ccccc2)c2ccccc12. The van der Waals surface area contributed by atoms with Crippen molar-refractivity contribution in [2.75, 3.05) is 0 Å². The Bertz CT molecular complexity index is 746. The van der Waals surface area contributed by atoms with E-state index in [0.717, 1.165) is 0 Å². The average Bonchev–Trinajstić information content (AvgIpc) is 2.55. The van der Waals surface area contributed by atoms with Crippen molar-refractivity contribution in [1.82, 2.24) is 0 Å². The van der Waals surface area contributed by atoms with E-state index in [1.54, 1.807) is 0 Å². The van der Waals surface area contributed by atoms with Gasteiger partial charge in [-0.15, -0.1) is 0 Å². The molecule has 0 N–H and O–H groups in total. The van der Waals surface area contributed by atoms with Gasteiger partial charge in [-0.3, -0.25) is 0 Å². The highest BCUT2D eigenvalue weighted by atomic mass is 79.9. The van der Waals surface area contributed by atoms with Gasteiger partial charge in [0.1, 0.15) is 0 Å².